The van der Waals surface area contributed by atoms with Crippen molar-refractivity contribution in [1.82, 2.24) is 10.2 Å². The van der Waals surface area contributed by atoms with Crippen LogP contribution in [-0.4, -0.2) is 25.0 Å². The van der Waals surface area contributed by atoms with Crippen LogP contribution in [0.3, 0.4) is 0 Å². The molecule has 0 aliphatic carbocycles. The Balaban J connectivity index is 2.35. The first-order chi connectivity index (χ1) is 7.70. The third-order valence-corrected chi connectivity index (χ3v) is 3.41. The zero-order valence-electron chi connectivity index (χ0n) is 9.96. The molecule has 16 heavy (non-hydrogen) atoms. The van der Waals surface area contributed by atoms with Crippen molar-refractivity contribution >= 4 is 11.6 Å². The summed E-state index contributed by atoms with van der Waals surface area (Å²) in [6, 6.07) is 6.71. The number of rotatable bonds is 2. The summed E-state index contributed by atoms with van der Waals surface area (Å²) in [5.41, 5.74) is 2.77. The molecule has 0 bridgehead atoms. The lowest BCUT2D eigenvalue weighted by Gasteiger charge is -2.18. The van der Waals surface area contributed by atoms with Gasteiger partial charge < -0.3 is 10.2 Å². The van der Waals surface area contributed by atoms with Crippen molar-refractivity contribution in [3.63, 3.8) is 0 Å². The van der Waals surface area contributed by atoms with Crippen LogP contribution < -0.4 is 5.32 Å². The zero-order chi connectivity index (χ0) is 11.5. The lowest BCUT2D eigenvalue weighted by Crippen LogP contribution is -2.23. The number of nitrogens with one attached hydrogen (secondary N) is 1. The third kappa shape index (κ3) is 2.57. The predicted molar refractivity (Wildman–Crippen MR) is 68.8 cm³/mol. The Morgan fingerprint density at radius 2 is 2.31 bits per heavy atom. The first kappa shape index (κ1) is 11.9. The van der Waals surface area contributed by atoms with E-state index >= 15 is 0 Å². The van der Waals surface area contributed by atoms with E-state index in [9.17, 15) is 0 Å². The van der Waals surface area contributed by atoms with E-state index in [4.69, 9.17) is 11.6 Å². The Hall–Kier alpha value is -0.570. The summed E-state index contributed by atoms with van der Waals surface area (Å²) in [7, 11) is 2.17. The fourth-order valence-electron chi connectivity index (χ4n) is 2.37. The van der Waals surface area contributed by atoms with Crippen LogP contribution in [-0.2, 0) is 6.54 Å². The molecule has 3 heteroatoms. The highest BCUT2D eigenvalue weighted by atomic mass is 35.5. The first-order valence-corrected chi connectivity index (χ1v) is 6.28. The van der Waals surface area contributed by atoms with Crippen LogP contribution in [0.25, 0.3) is 0 Å². The number of hydrogen-bond donors (Lipinski definition) is 1. The average molecular weight is 239 g/mol. The highest BCUT2D eigenvalue weighted by Gasteiger charge is 2.20. The Morgan fingerprint density at radius 3 is 3.06 bits per heavy atom. The molecule has 1 aliphatic rings. The molecule has 2 nitrogen and oxygen atoms in total. The molecule has 0 radical (unpaired) electrons. The normalized spacial score (nSPS) is 21.6. The molecule has 1 heterocycles. The second kappa shape index (κ2) is 5.17. The molecule has 2 rings (SSSR count). The number of fused-ring (bicyclic) bond motifs is 1. The van der Waals surface area contributed by atoms with Gasteiger partial charge in [-0.15, -0.1) is 0 Å². The number of benzene rings is 1. The minimum atomic E-state index is 0.448. The van der Waals surface area contributed by atoms with Gasteiger partial charge in [0.15, 0.2) is 0 Å². The van der Waals surface area contributed by atoms with Gasteiger partial charge in [-0.3, -0.25) is 0 Å². The van der Waals surface area contributed by atoms with E-state index in [1.807, 2.05) is 6.07 Å². The minimum absolute atomic E-state index is 0.448. The quantitative estimate of drug-likeness (QED) is 0.853. The van der Waals surface area contributed by atoms with E-state index in [0.717, 1.165) is 31.1 Å². The van der Waals surface area contributed by atoms with E-state index in [1.54, 1.807) is 0 Å². The molecule has 0 aromatic heterocycles. The Morgan fingerprint density at radius 1 is 1.50 bits per heavy atom. The predicted octanol–water partition coefficient (Wildman–Crippen LogP) is 2.83. The van der Waals surface area contributed by atoms with Crippen LogP contribution in [0.5, 0.6) is 0 Å². The summed E-state index contributed by atoms with van der Waals surface area (Å²) in [6.45, 7) is 5.30. The number of hydrogen-bond acceptors (Lipinski definition) is 2. The van der Waals surface area contributed by atoms with Crippen molar-refractivity contribution in [3.05, 3.63) is 34.3 Å². The standard InChI is InChI=1S/C13H19ClN2/c1-3-15-13-6-7-16(2)9-10-4-5-11(14)8-12(10)13/h4-5,8,13,15H,3,6-7,9H2,1-2H3/t13-/m1/s1. The molecule has 1 aromatic carbocycles. The van der Waals surface area contributed by atoms with Gasteiger partial charge in [-0.1, -0.05) is 24.6 Å². The van der Waals surface area contributed by atoms with E-state index in [-0.39, 0.29) is 0 Å². The van der Waals surface area contributed by atoms with Gasteiger partial charge in [0.05, 0.1) is 0 Å². The smallest absolute Gasteiger partial charge is 0.0409 e. The Labute approximate surface area is 103 Å². The lowest BCUT2D eigenvalue weighted by atomic mass is 9.99. The average Bonchev–Trinajstić information content (AvgIpc) is 2.40. The summed E-state index contributed by atoms with van der Waals surface area (Å²) in [5.74, 6) is 0. The number of halogens is 1. The summed E-state index contributed by atoms with van der Waals surface area (Å²) >= 11 is 6.09. The second-order valence-electron chi connectivity index (χ2n) is 4.48. The minimum Gasteiger partial charge on any atom is -0.310 e. The van der Waals surface area contributed by atoms with Crippen molar-refractivity contribution in [2.24, 2.45) is 0 Å². The van der Waals surface area contributed by atoms with E-state index < -0.39 is 0 Å². The highest BCUT2D eigenvalue weighted by Crippen LogP contribution is 2.28. The maximum Gasteiger partial charge on any atom is 0.0409 e. The van der Waals surface area contributed by atoms with Gasteiger partial charge in [0, 0.05) is 17.6 Å². The Kier molecular flexibility index (Phi) is 3.85. The molecule has 0 unspecified atom stereocenters. The molecular weight excluding hydrogens is 220 g/mol. The van der Waals surface area contributed by atoms with Crippen molar-refractivity contribution in [1.29, 1.82) is 0 Å². The van der Waals surface area contributed by atoms with Gasteiger partial charge in [0.1, 0.15) is 0 Å². The third-order valence-electron chi connectivity index (χ3n) is 3.17. The van der Waals surface area contributed by atoms with Gasteiger partial charge in [-0.25, -0.2) is 0 Å². The fraction of sp³-hybridized carbons (Fsp3) is 0.538. The fourth-order valence-corrected chi connectivity index (χ4v) is 2.55. The summed E-state index contributed by atoms with van der Waals surface area (Å²) in [6.07, 6.45) is 1.15. The van der Waals surface area contributed by atoms with Crippen molar-refractivity contribution in [3.8, 4) is 0 Å². The van der Waals surface area contributed by atoms with Gasteiger partial charge in [-0.05, 0) is 49.8 Å². The molecule has 1 atom stereocenters. The molecule has 1 N–H and O–H groups in total. The maximum atomic E-state index is 6.09. The van der Waals surface area contributed by atoms with Crippen LogP contribution >= 0.6 is 11.6 Å². The van der Waals surface area contributed by atoms with Gasteiger partial charge in [-0.2, -0.15) is 0 Å². The lowest BCUT2D eigenvalue weighted by molar-refractivity contribution is 0.318. The van der Waals surface area contributed by atoms with Crippen molar-refractivity contribution in [2.75, 3.05) is 20.1 Å². The molecule has 0 saturated carbocycles. The van der Waals surface area contributed by atoms with Crippen LogP contribution in [0.1, 0.15) is 30.5 Å². The molecule has 1 aromatic rings. The topological polar surface area (TPSA) is 15.3 Å². The van der Waals surface area contributed by atoms with E-state index in [0.29, 0.717) is 6.04 Å². The highest BCUT2D eigenvalue weighted by molar-refractivity contribution is 6.30. The summed E-state index contributed by atoms with van der Waals surface area (Å²) in [5, 5.41) is 4.38. The first-order valence-electron chi connectivity index (χ1n) is 5.91. The second-order valence-corrected chi connectivity index (χ2v) is 4.92. The van der Waals surface area contributed by atoms with Gasteiger partial charge in [0.25, 0.3) is 0 Å². The molecular formula is C13H19ClN2. The molecule has 0 fully saturated rings. The van der Waals surface area contributed by atoms with Gasteiger partial charge >= 0.3 is 0 Å². The molecule has 1 aliphatic heterocycles. The largest absolute Gasteiger partial charge is 0.310 e. The van der Waals surface area contributed by atoms with Crippen LogP contribution in [0, 0.1) is 0 Å². The monoisotopic (exact) mass is 238 g/mol. The van der Waals surface area contributed by atoms with Crippen molar-refractivity contribution < 1.29 is 0 Å². The van der Waals surface area contributed by atoms with Gasteiger partial charge in [0.2, 0.25) is 0 Å². The van der Waals surface area contributed by atoms with Crippen LogP contribution in [0.2, 0.25) is 5.02 Å². The maximum absolute atomic E-state index is 6.09. The zero-order valence-corrected chi connectivity index (χ0v) is 10.7. The molecule has 88 valence electrons. The van der Waals surface area contributed by atoms with E-state index in [2.05, 4.69) is 36.3 Å². The molecule has 0 saturated heterocycles. The van der Waals surface area contributed by atoms with Crippen LogP contribution in [0.4, 0.5) is 0 Å². The molecule has 0 amide bonds. The summed E-state index contributed by atoms with van der Waals surface area (Å²) < 4.78 is 0. The Bertz CT molecular complexity index is 365. The van der Waals surface area contributed by atoms with E-state index in [1.165, 1.54) is 11.1 Å². The molecule has 0 spiro atoms. The van der Waals surface area contributed by atoms with Crippen LogP contribution in [0.15, 0.2) is 18.2 Å². The number of nitrogens with zero attached hydrogens (tertiary/aromatic N) is 1. The summed E-state index contributed by atoms with van der Waals surface area (Å²) in [4.78, 5) is 2.37. The SMILES string of the molecule is CCN[C@@H]1CCN(C)Cc2ccc(Cl)cc21. The van der Waals surface area contributed by atoms with Crippen molar-refractivity contribution in [2.45, 2.75) is 25.9 Å².